The van der Waals surface area contributed by atoms with E-state index in [1.165, 1.54) is 5.56 Å². The molecule has 2 heterocycles. The standard InChI is InChI=1S/C44H28N4O/c1-4-11-29(12-5-1)30-19-21-32(22-20-30)42-46-41(31-13-6-2-7-14-31)47-43(48-42)37-18-10-17-34(28-37)35-23-25-38-36(27-35)24-26-39-40(38)45-44(49-39)33-15-8-3-9-16-33/h1-28H. The number of fused-ring (bicyclic) bond motifs is 3. The van der Waals surface area contributed by atoms with Gasteiger partial charge in [-0.15, -0.1) is 0 Å². The molecule has 0 aliphatic carbocycles. The highest BCUT2D eigenvalue weighted by Crippen LogP contribution is 2.34. The molecule has 7 aromatic carbocycles. The number of hydrogen-bond donors (Lipinski definition) is 0. The van der Waals surface area contributed by atoms with E-state index in [1.54, 1.807) is 0 Å². The minimum atomic E-state index is 0.622. The van der Waals surface area contributed by atoms with Crippen LogP contribution < -0.4 is 0 Å². The van der Waals surface area contributed by atoms with Crippen molar-refractivity contribution in [2.45, 2.75) is 0 Å². The Labute approximate surface area is 283 Å². The minimum absolute atomic E-state index is 0.622. The highest BCUT2D eigenvalue weighted by atomic mass is 16.3. The van der Waals surface area contributed by atoms with Crippen molar-refractivity contribution in [1.82, 2.24) is 19.9 Å². The largest absolute Gasteiger partial charge is 0.436 e. The van der Waals surface area contributed by atoms with Gasteiger partial charge in [0.25, 0.3) is 0 Å². The molecule has 9 rings (SSSR count). The van der Waals surface area contributed by atoms with Gasteiger partial charge in [0.1, 0.15) is 5.52 Å². The van der Waals surface area contributed by atoms with Crippen LogP contribution in [0.2, 0.25) is 0 Å². The fourth-order valence-corrected chi connectivity index (χ4v) is 6.23. The van der Waals surface area contributed by atoms with Crippen molar-refractivity contribution < 1.29 is 4.42 Å². The van der Waals surface area contributed by atoms with Crippen LogP contribution in [0.1, 0.15) is 0 Å². The Bertz CT molecular complexity index is 2580. The summed E-state index contributed by atoms with van der Waals surface area (Å²) in [7, 11) is 0. The Morgan fingerprint density at radius 2 is 0.816 bits per heavy atom. The monoisotopic (exact) mass is 628 g/mol. The maximum atomic E-state index is 6.12. The molecule has 0 aliphatic rings. The first-order chi connectivity index (χ1) is 24.2. The highest BCUT2D eigenvalue weighted by Gasteiger charge is 2.15. The summed E-state index contributed by atoms with van der Waals surface area (Å²) in [5, 5.41) is 2.15. The van der Waals surface area contributed by atoms with Gasteiger partial charge in [-0.2, -0.15) is 0 Å². The van der Waals surface area contributed by atoms with Crippen molar-refractivity contribution in [2.24, 2.45) is 0 Å². The van der Waals surface area contributed by atoms with E-state index in [1.807, 2.05) is 72.8 Å². The third-order valence-corrected chi connectivity index (χ3v) is 8.77. The van der Waals surface area contributed by atoms with Gasteiger partial charge in [0, 0.05) is 27.6 Å². The summed E-state index contributed by atoms with van der Waals surface area (Å²) < 4.78 is 6.12. The molecular formula is C44H28N4O. The molecule has 0 atom stereocenters. The zero-order valence-electron chi connectivity index (χ0n) is 26.4. The summed E-state index contributed by atoms with van der Waals surface area (Å²) in [5.74, 6) is 2.51. The van der Waals surface area contributed by atoms with E-state index in [4.69, 9.17) is 24.4 Å². The van der Waals surface area contributed by atoms with Crippen LogP contribution in [0.3, 0.4) is 0 Å². The van der Waals surface area contributed by atoms with E-state index in [0.717, 1.165) is 60.8 Å². The zero-order valence-corrected chi connectivity index (χ0v) is 26.4. The van der Waals surface area contributed by atoms with Crippen LogP contribution >= 0.6 is 0 Å². The third-order valence-electron chi connectivity index (χ3n) is 8.77. The van der Waals surface area contributed by atoms with Crippen molar-refractivity contribution in [3.8, 4) is 67.9 Å². The van der Waals surface area contributed by atoms with Crippen LogP contribution in [0.4, 0.5) is 0 Å². The molecule has 0 amide bonds. The summed E-state index contributed by atoms with van der Waals surface area (Å²) >= 11 is 0. The van der Waals surface area contributed by atoms with E-state index in [-0.39, 0.29) is 0 Å². The molecule has 0 fully saturated rings. The fraction of sp³-hybridized carbons (Fsp3) is 0. The molecule has 0 radical (unpaired) electrons. The number of oxazole rings is 1. The molecule has 0 unspecified atom stereocenters. The third kappa shape index (κ3) is 5.53. The molecule has 5 nitrogen and oxygen atoms in total. The Morgan fingerprint density at radius 1 is 0.327 bits per heavy atom. The number of benzene rings is 7. The van der Waals surface area contributed by atoms with Crippen LogP contribution in [0, 0.1) is 0 Å². The quantitative estimate of drug-likeness (QED) is 0.183. The normalized spacial score (nSPS) is 11.3. The fourth-order valence-electron chi connectivity index (χ4n) is 6.23. The summed E-state index contributed by atoms with van der Waals surface area (Å²) in [6.07, 6.45) is 0. The van der Waals surface area contributed by atoms with Crippen molar-refractivity contribution in [2.75, 3.05) is 0 Å². The summed E-state index contributed by atoms with van der Waals surface area (Å²) in [5.41, 5.74) is 9.86. The molecule has 0 saturated heterocycles. The molecule has 0 saturated carbocycles. The molecule has 0 bridgehead atoms. The van der Waals surface area contributed by atoms with E-state index in [0.29, 0.717) is 23.4 Å². The van der Waals surface area contributed by atoms with Crippen LogP contribution in [0.25, 0.3) is 89.7 Å². The molecule has 49 heavy (non-hydrogen) atoms. The highest BCUT2D eigenvalue weighted by molar-refractivity contribution is 6.05. The number of aromatic nitrogens is 4. The van der Waals surface area contributed by atoms with Gasteiger partial charge < -0.3 is 4.42 Å². The van der Waals surface area contributed by atoms with Gasteiger partial charge in [0.2, 0.25) is 5.89 Å². The number of nitrogens with zero attached hydrogens (tertiary/aromatic N) is 4. The van der Waals surface area contributed by atoms with Crippen molar-refractivity contribution in [3.05, 3.63) is 170 Å². The number of hydrogen-bond acceptors (Lipinski definition) is 5. The smallest absolute Gasteiger partial charge is 0.227 e. The minimum Gasteiger partial charge on any atom is -0.436 e. The molecule has 5 heteroatoms. The second-order valence-corrected chi connectivity index (χ2v) is 11.9. The van der Waals surface area contributed by atoms with Crippen molar-refractivity contribution in [3.63, 3.8) is 0 Å². The average Bonchev–Trinajstić information content (AvgIpc) is 3.64. The van der Waals surface area contributed by atoms with Crippen LogP contribution in [-0.2, 0) is 0 Å². The summed E-state index contributed by atoms with van der Waals surface area (Å²) in [4.78, 5) is 19.8. The first kappa shape index (κ1) is 28.5. The van der Waals surface area contributed by atoms with E-state index in [9.17, 15) is 0 Å². The predicted octanol–water partition coefficient (Wildman–Crippen LogP) is 11.2. The summed E-state index contributed by atoms with van der Waals surface area (Å²) in [6.45, 7) is 0. The van der Waals surface area contributed by atoms with Crippen LogP contribution in [0.5, 0.6) is 0 Å². The van der Waals surface area contributed by atoms with Crippen molar-refractivity contribution >= 4 is 21.9 Å². The first-order valence-electron chi connectivity index (χ1n) is 16.2. The topological polar surface area (TPSA) is 64.7 Å². The lowest BCUT2D eigenvalue weighted by Gasteiger charge is -2.10. The second kappa shape index (κ2) is 12.1. The molecule has 9 aromatic rings. The molecule has 0 aliphatic heterocycles. The lowest BCUT2D eigenvalue weighted by molar-refractivity contribution is 0.620. The zero-order chi connectivity index (χ0) is 32.6. The number of rotatable bonds is 6. The molecule has 0 spiro atoms. The van der Waals surface area contributed by atoms with Gasteiger partial charge >= 0.3 is 0 Å². The van der Waals surface area contributed by atoms with E-state index >= 15 is 0 Å². The van der Waals surface area contributed by atoms with Gasteiger partial charge in [0.15, 0.2) is 23.1 Å². The Kier molecular flexibility index (Phi) is 7.06. The van der Waals surface area contributed by atoms with Gasteiger partial charge in [0.05, 0.1) is 0 Å². The SMILES string of the molecule is c1ccc(-c2ccc(-c3nc(-c4ccccc4)nc(-c4cccc(-c5ccc6c(ccc7oc(-c8ccccc8)nc76)c5)c4)n3)cc2)cc1. The second-order valence-electron chi connectivity index (χ2n) is 11.9. The average molecular weight is 629 g/mol. The van der Waals surface area contributed by atoms with Gasteiger partial charge in [-0.1, -0.05) is 140 Å². The molecule has 230 valence electrons. The van der Waals surface area contributed by atoms with Gasteiger partial charge in [-0.05, 0) is 58.0 Å². The van der Waals surface area contributed by atoms with Gasteiger partial charge in [-0.3, -0.25) is 0 Å². The van der Waals surface area contributed by atoms with Crippen LogP contribution in [-0.4, -0.2) is 19.9 Å². The predicted molar refractivity (Wildman–Crippen MR) is 198 cm³/mol. The Hall–Kier alpha value is -6.72. The Balaban J connectivity index is 1.10. The van der Waals surface area contributed by atoms with Crippen LogP contribution in [0.15, 0.2) is 174 Å². The summed E-state index contributed by atoms with van der Waals surface area (Å²) in [6, 6.07) is 57.8. The van der Waals surface area contributed by atoms with E-state index in [2.05, 4.69) is 97.1 Å². The molecule has 2 aromatic heterocycles. The lowest BCUT2D eigenvalue weighted by Crippen LogP contribution is -2.00. The van der Waals surface area contributed by atoms with Crippen molar-refractivity contribution in [1.29, 1.82) is 0 Å². The maximum absolute atomic E-state index is 6.12. The lowest BCUT2D eigenvalue weighted by atomic mass is 9.99. The maximum Gasteiger partial charge on any atom is 0.227 e. The van der Waals surface area contributed by atoms with Gasteiger partial charge in [-0.25, -0.2) is 19.9 Å². The Morgan fingerprint density at radius 3 is 1.51 bits per heavy atom. The molecule has 0 N–H and O–H groups in total. The van der Waals surface area contributed by atoms with E-state index < -0.39 is 0 Å². The molecular weight excluding hydrogens is 601 g/mol. The first-order valence-corrected chi connectivity index (χ1v) is 16.2.